The zero-order valence-electron chi connectivity index (χ0n) is 12.3. The zero-order valence-corrected chi connectivity index (χ0v) is 13.1. The minimum Gasteiger partial charge on any atom is -0.448 e. The van der Waals surface area contributed by atoms with E-state index in [1.54, 1.807) is 24.0 Å². The summed E-state index contributed by atoms with van der Waals surface area (Å²) in [5.41, 5.74) is 1.62. The summed E-state index contributed by atoms with van der Waals surface area (Å²) in [5, 5.41) is 0. The largest absolute Gasteiger partial charge is 0.448 e. The summed E-state index contributed by atoms with van der Waals surface area (Å²) < 4.78 is 31.9. The lowest BCUT2D eigenvalue weighted by atomic mass is 10.2. The van der Waals surface area contributed by atoms with Gasteiger partial charge in [-0.3, -0.25) is 0 Å². The van der Waals surface area contributed by atoms with E-state index in [0.717, 1.165) is 11.1 Å². The maximum absolute atomic E-state index is 12.2. The third-order valence-electron chi connectivity index (χ3n) is 3.37. The van der Waals surface area contributed by atoms with Crippen molar-refractivity contribution in [3.63, 3.8) is 0 Å². The van der Waals surface area contributed by atoms with E-state index in [4.69, 9.17) is 4.74 Å². The molecule has 0 spiro atoms. The van der Waals surface area contributed by atoms with E-state index in [0.29, 0.717) is 37.6 Å². The van der Waals surface area contributed by atoms with Crippen molar-refractivity contribution in [3.05, 3.63) is 29.3 Å². The number of hydrogen-bond donors (Lipinski definition) is 1. The molecule has 1 aromatic carbocycles. The number of amides is 1. The fourth-order valence-corrected chi connectivity index (χ4v) is 3.58. The van der Waals surface area contributed by atoms with Gasteiger partial charge in [0.15, 0.2) is 0 Å². The molecule has 1 aromatic rings. The molecule has 0 radical (unpaired) electrons. The zero-order chi connectivity index (χ0) is 15.5. The lowest BCUT2D eigenvalue weighted by Gasteiger charge is -2.13. The van der Waals surface area contributed by atoms with E-state index in [1.807, 2.05) is 13.0 Å². The van der Waals surface area contributed by atoms with Crippen LogP contribution in [0.5, 0.6) is 0 Å². The smallest absolute Gasteiger partial charge is 0.409 e. The van der Waals surface area contributed by atoms with Crippen LogP contribution in [0.4, 0.5) is 4.79 Å². The Labute approximate surface area is 125 Å². The first kappa shape index (κ1) is 15.8. The molecule has 1 N–H and O–H groups in total. The van der Waals surface area contributed by atoms with E-state index in [2.05, 4.69) is 4.72 Å². The third-order valence-corrected chi connectivity index (χ3v) is 4.98. The van der Waals surface area contributed by atoms with E-state index < -0.39 is 10.0 Å². The fraction of sp³-hybridized carbons (Fsp3) is 0.500. The van der Waals surface area contributed by atoms with Crippen LogP contribution in [0.2, 0.25) is 0 Å². The molecular weight excluding hydrogens is 292 g/mol. The van der Waals surface area contributed by atoms with Crippen LogP contribution in [0.15, 0.2) is 23.1 Å². The summed E-state index contributed by atoms with van der Waals surface area (Å²) in [6.07, 6.45) is 0.228. The van der Waals surface area contributed by atoms with Gasteiger partial charge in [0.2, 0.25) is 10.0 Å². The van der Waals surface area contributed by atoms with Gasteiger partial charge in [-0.2, -0.15) is 0 Å². The fourth-order valence-electron chi connectivity index (χ4n) is 2.18. The topological polar surface area (TPSA) is 75.7 Å². The van der Waals surface area contributed by atoms with Gasteiger partial charge >= 0.3 is 6.09 Å². The van der Waals surface area contributed by atoms with Crippen molar-refractivity contribution in [2.75, 3.05) is 26.2 Å². The number of cyclic esters (lactones) is 1. The lowest BCUT2D eigenvalue weighted by molar-refractivity contribution is 0.158. The van der Waals surface area contributed by atoms with Crippen LogP contribution in [-0.4, -0.2) is 45.7 Å². The highest BCUT2D eigenvalue weighted by Gasteiger charge is 2.21. The number of ether oxygens (including phenoxy) is 1. The van der Waals surface area contributed by atoms with Gasteiger partial charge in [0, 0.05) is 13.1 Å². The predicted octanol–water partition coefficient (Wildman–Crippen LogP) is 1.42. The number of carbonyl (C=O) groups excluding carboxylic acids is 1. The van der Waals surface area contributed by atoms with Crippen molar-refractivity contribution in [2.24, 2.45) is 0 Å². The Balaban J connectivity index is 1.89. The molecule has 0 atom stereocenters. The second kappa shape index (κ2) is 6.44. The van der Waals surface area contributed by atoms with Crippen molar-refractivity contribution in [3.8, 4) is 0 Å². The molecule has 6 nitrogen and oxygen atoms in total. The van der Waals surface area contributed by atoms with Crippen LogP contribution in [-0.2, 0) is 14.8 Å². The Morgan fingerprint density at radius 2 is 2.10 bits per heavy atom. The number of benzene rings is 1. The first-order valence-corrected chi connectivity index (χ1v) is 8.37. The molecule has 7 heteroatoms. The highest BCUT2D eigenvalue weighted by Crippen LogP contribution is 2.16. The van der Waals surface area contributed by atoms with E-state index in [1.165, 1.54) is 0 Å². The summed E-state index contributed by atoms with van der Waals surface area (Å²) in [4.78, 5) is 13.1. The first-order valence-electron chi connectivity index (χ1n) is 6.89. The van der Waals surface area contributed by atoms with Gasteiger partial charge in [0.05, 0.1) is 11.4 Å². The van der Waals surface area contributed by atoms with E-state index >= 15 is 0 Å². The first-order chi connectivity index (χ1) is 9.90. The molecule has 0 aliphatic carbocycles. The Kier molecular flexibility index (Phi) is 4.84. The predicted molar refractivity (Wildman–Crippen MR) is 78.6 cm³/mol. The second-order valence-corrected chi connectivity index (χ2v) is 6.86. The van der Waals surface area contributed by atoms with Crippen molar-refractivity contribution in [2.45, 2.75) is 25.2 Å². The van der Waals surface area contributed by atoms with Gasteiger partial charge in [0.25, 0.3) is 0 Å². The van der Waals surface area contributed by atoms with Crippen LogP contribution in [0.3, 0.4) is 0 Å². The second-order valence-electron chi connectivity index (χ2n) is 5.12. The molecule has 1 amide bonds. The van der Waals surface area contributed by atoms with E-state index in [9.17, 15) is 13.2 Å². The maximum Gasteiger partial charge on any atom is 0.409 e. The molecule has 1 aliphatic rings. The summed E-state index contributed by atoms with van der Waals surface area (Å²) in [7, 11) is -3.51. The minimum absolute atomic E-state index is 0.291. The van der Waals surface area contributed by atoms with Crippen LogP contribution in [0.25, 0.3) is 0 Å². The number of nitrogens with zero attached hydrogens (tertiary/aromatic N) is 1. The van der Waals surface area contributed by atoms with Gasteiger partial charge in [-0.05, 0) is 37.5 Å². The molecule has 2 rings (SSSR count). The molecule has 0 aromatic heterocycles. The molecule has 116 valence electrons. The minimum atomic E-state index is -3.51. The highest BCUT2D eigenvalue weighted by molar-refractivity contribution is 7.89. The van der Waals surface area contributed by atoms with Crippen molar-refractivity contribution < 1.29 is 17.9 Å². The van der Waals surface area contributed by atoms with E-state index in [-0.39, 0.29) is 6.09 Å². The van der Waals surface area contributed by atoms with Crippen molar-refractivity contribution in [1.82, 2.24) is 9.62 Å². The number of hydrogen-bond acceptors (Lipinski definition) is 4. The van der Waals surface area contributed by atoms with Crippen LogP contribution < -0.4 is 4.72 Å². The van der Waals surface area contributed by atoms with Crippen molar-refractivity contribution >= 4 is 16.1 Å². The number of sulfonamides is 1. The molecule has 1 fully saturated rings. The molecule has 1 heterocycles. The van der Waals surface area contributed by atoms with Gasteiger partial charge in [-0.15, -0.1) is 0 Å². The number of aryl methyl sites for hydroxylation is 2. The lowest BCUT2D eigenvalue weighted by Crippen LogP contribution is -2.30. The molecule has 0 unspecified atom stereocenters. The number of rotatable bonds is 6. The Hall–Kier alpha value is -1.60. The van der Waals surface area contributed by atoms with Crippen LogP contribution in [0.1, 0.15) is 17.5 Å². The van der Waals surface area contributed by atoms with Crippen molar-refractivity contribution in [1.29, 1.82) is 0 Å². The normalized spacial score (nSPS) is 15.3. The number of nitrogens with one attached hydrogen (secondary N) is 1. The summed E-state index contributed by atoms with van der Waals surface area (Å²) >= 11 is 0. The molecule has 1 saturated heterocycles. The van der Waals surface area contributed by atoms with Gasteiger partial charge in [-0.1, -0.05) is 12.1 Å². The molecule has 0 bridgehead atoms. The standard InChI is InChI=1S/C14H20N2O4S/c1-11-4-5-12(2)13(10-11)21(18,19)15-6-3-7-16-8-9-20-14(16)17/h4-5,10,15H,3,6-9H2,1-2H3. The molecular formula is C14H20N2O4S. The Bertz CT molecular complexity index is 628. The third kappa shape index (κ3) is 3.95. The highest BCUT2D eigenvalue weighted by atomic mass is 32.2. The average molecular weight is 312 g/mol. The Morgan fingerprint density at radius 1 is 1.33 bits per heavy atom. The summed E-state index contributed by atoms with van der Waals surface area (Å²) in [5.74, 6) is 0. The molecule has 21 heavy (non-hydrogen) atoms. The summed E-state index contributed by atoms with van der Waals surface area (Å²) in [6, 6.07) is 5.34. The quantitative estimate of drug-likeness (QED) is 0.806. The van der Waals surface area contributed by atoms with Gasteiger partial charge in [0.1, 0.15) is 6.61 Å². The van der Waals surface area contributed by atoms with Crippen LogP contribution in [0, 0.1) is 13.8 Å². The van der Waals surface area contributed by atoms with Crippen LogP contribution >= 0.6 is 0 Å². The average Bonchev–Trinajstić information content (AvgIpc) is 2.83. The maximum atomic E-state index is 12.2. The Morgan fingerprint density at radius 3 is 2.76 bits per heavy atom. The molecule has 1 aliphatic heterocycles. The van der Waals surface area contributed by atoms with Gasteiger partial charge in [-0.25, -0.2) is 17.9 Å². The monoisotopic (exact) mass is 312 g/mol. The SMILES string of the molecule is Cc1ccc(C)c(S(=O)(=O)NCCCN2CCOC2=O)c1. The molecule has 0 saturated carbocycles. The van der Waals surface area contributed by atoms with Gasteiger partial charge < -0.3 is 9.64 Å². The summed E-state index contributed by atoms with van der Waals surface area (Å²) in [6.45, 7) is 5.40. The number of carbonyl (C=O) groups is 1.